The molecule has 2 rings (SSSR count). The van der Waals surface area contributed by atoms with Crippen molar-refractivity contribution in [2.75, 3.05) is 24.5 Å². The predicted molar refractivity (Wildman–Crippen MR) is 88.2 cm³/mol. The van der Waals surface area contributed by atoms with Gasteiger partial charge in [-0.2, -0.15) is 0 Å². The zero-order valence-electron chi connectivity index (χ0n) is 12.5. The van der Waals surface area contributed by atoms with E-state index in [1.54, 1.807) is 0 Å². The highest BCUT2D eigenvalue weighted by Gasteiger charge is 2.27. The van der Waals surface area contributed by atoms with E-state index >= 15 is 0 Å². The van der Waals surface area contributed by atoms with Crippen molar-refractivity contribution in [1.29, 1.82) is 0 Å². The highest BCUT2D eigenvalue weighted by atomic mass is 79.9. The second-order valence-electron chi connectivity index (χ2n) is 5.95. The number of hydrogen-bond acceptors (Lipinski definition) is 3. The lowest BCUT2D eigenvalue weighted by Gasteiger charge is -2.37. The van der Waals surface area contributed by atoms with E-state index in [-0.39, 0.29) is 0 Å². The van der Waals surface area contributed by atoms with Gasteiger partial charge in [0.1, 0.15) is 0 Å². The molecule has 1 aromatic carbocycles. The molecule has 0 bridgehead atoms. The van der Waals surface area contributed by atoms with Crippen LogP contribution in [0.1, 0.15) is 38.7 Å². The van der Waals surface area contributed by atoms with Crippen molar-refractivity contribution < 1.29 is 5.11 Å². The number of rotatable bonds is 5. The molecular formula is C16H25BrN2O. The van der Waals surface area contributed by atoms with E-state index in [9.17, 15) is 5.11 Å². The molecule has 0 aliphatic carbocycles. The van der Waals surface area contributed by atoms with Crippen molar-refractivity contribution in [3.8, 4) is 0 Å². The van der Waals surface area contributed by atoms with Crippen molar-refractivity contribution in [2.45, 2.75) is 45.3 Å². The first-order valence-electron chi connectivity index (χ1n) is 7.48. The minimum absolute atomic E-state index is 0.493. The maximum atomic E-state index is 10.0. The average molecular weight is 341 g/mol. The molecule has 0 amide bonds. The van der Waals surface area contributed by atoms with Crippen LogP contribution in [-0.2, 0) is 6.54 Å². The third-order valence-electron chi connectivity index (χ3n) is 3.95. The number of anilines is 1. The summed E-state index contributed by atoms with van der Waals surface area (Å²) in [6.07, 6.45) is 2.82. The molecule has 0 unspecified atom stereocenters. The molecule has 0 aromatic heterocycles. The number of nitrogens with one attached hydrogen (secondary N) is 1. The largest absolute Gasteiger partial charge is 0.390 e. The molecule has 2 N–H and O–H groups in total. The SMILES string of the molecule is CCCNCc1ccc(N2CCC(C)(O)CC2)c(Br)c1. The third kappa shape index (κ3) is 4.21. The summed E-state index contributed by atoms with van der Waals surface area (Å²) in [6.45, 7) is 7.92. The smallest absolute Gasteiger partial charge is 0.0653 e. The molecule has 0 spiro atoms. The fraction of sp³-hybridized carbons (Fsp3) is 0.625. The van der Waals surface area contributed by atoms with E-state index in [0.717, 1.165) is 49.9 Å². The quantitative estimate of drug-likeness (QED) is 0.807. The molecule has 4 heteroatoms. The molecule has 1 aliphatic rings. The first-order valence-corrected chi connectivity index (χ1v) is 8.27. The second-order valence-corrected chi connectivity index (χ2v) is 6.80. The van der Waals surface area contributed by atoms with Crippen LogP contribution in [0.2, 0.25) is 0 Å². The number of halogens is 1. The minimum atomic E-state index is -0.493. The van der Waals surface area contributed by atoms with Gasteiger partial charge in [0.25, 0.3) is 0 Å². The van der Waals surface area contributed by atoms with Gasteiger partial charge in [-0.1, -0.05) is 13.0 Å². The van der Waals surface area contributed by atoms with Gasteiger partial charge in [-0.15, -0.1) is 0 Å². The van der Waals surface area contributed by atoms with Crippen LogP contribution in [0.3, 0.4) is 0 Å². The van der Waals surface area contributed by atoms with Crippen LogP contribution in [-0.4, -0.2) is 30.3 Å². The Labute approximate surface area is 130 Å². The summed E-state index contributed by atoms with van der Waals surface area (Å²) in [5, 5.41) is 13.4. The standard InChI is InChI=1S/C16H25BrN2O/c1-3-8-18-12-13-4-5-15(14(17)11-13)19-9-6-16(2,20)7-10-19/h4-5,11,18,20H,3,6-10,12H2,1-2H3. The van der Waals surface area contributed by atoms with E-state index in [1.807, 2.05) is 6.92 Å². The first-order chi connectivity index (χ1) is 9.52. The van der Waals surface area contributed by atoms with Gasteiger partial charge in [-0.3, -0.25) is 0 Å². The summed E-state index contributed by atoms with van der Waals surface area (Å²) >= 11 is 3.69. The zero-order chi connectivity index (χ0) is 14.6. The fourth-order valence-corrected chi connectivity index (χ4v) is 3.23. The van der Waals surface area contributed by atoms with Gasteiger partial charge in [0, 0.05) is 24.1 Å². The van der Waals surface area contributed by atoms with Gasteiger partial charge < -0.3 is 15.3 Å². The molecule has 1 aliphatic heterocycles. The lowest BCUT2D eigenvalue weighted by molar-refractivity contribution is 0.0351. The topological polar surface area (TPSA) is 35.5 Å². The van der Waals surface area contributed by atoms with Crippen LogP contribution >= 0.6 is 15.9 Å². The van der Waals surface area contributed by atoms with Crippen molar-refractivity contribution in [3.63, 3.8) is 0 Å². The summed E-state index contributed by atoms with van der Waals surface area (Å²) in [5.74, 6) is 0. The Hall–Kier alpha value is -0.580. The van der Waals surface area contributed by atoms with Gasteiger partial charge in [-0.05, 0) is 66.4 Å². The average Bonchev–Trinajstić information content (AvgIpc) is 2.40. The molecule has 1 fully saturated rings. The molecular weight excluding hydrogens is 316 g/mol. The highest BCUT2D eigenvalue weighted by molar-refractivity contribution is 9.10. The van der Waals surface area contributed by atoms with E-state index in [2.05, 4.69) is 51.3 Å². The summed E-state index contributed by atoms with van der Waals surface area (Å²) in [6, 6.07) is 6.58. The van der Waals surface area contributed by atoms with Crippen molar-refractivity contribution in [3.05, 3.63) is 28.2 Å². The summed E-state index contributed by atoms with van der Waals surface area (Å²) in [4.78, 5) is 2.35. The second kappa shape index (κ2) is 6.92. The highest BCUT2D eigenvalue weighted by Crippen LogP contribution is 2.31. The normalized spacial score (nSPS) is 18.3. The van der Waals surface area contributed by atoms with Gasteiger partial charge in [-0.25, -0.2) is 0 Å². The number of hydrogen-bond donors (Lipinski definition) is 2. The Kier molecular flexibility index (Phi) is 5.47. The predicted octanol–water partition coefficient (Wildman–Crippen LogP) is 3.30. The Bertz CT molecular complexity index is 438. The molecule has 3 nitrogen and oxygen atoms in total. The number of aliphatic hydroxyl groups is 1. The molecule has 0 radical (unpaired) electrons. The van der Waals surface area contributed by atoms with Gasteiger partial charge in [0.15, 0.2) is 0 Å². The van der Waals surface area contributed by atoms with Crippen LogP contribution in [0.5, 0.6) is 0 Å². The molecule has 0 atom stereocenters. The maximum Gasteiger partial charge on any atom is 0.0653 e. The zero-order valence-corrected chi connectivity index (χ0v) is 14.0. The number of piperidine rings is 1. The van der Waals surface area contributed by atoms with Crippen LogP contribution in [0.25, 0.3) is 0 Å². The van der Waals surface area contributed by atoms with E-state index in [4.69, 9.17) is 0 Å². The first kappa shape index (κ1) is 15.8. The van der Waals surface area contributed by atoms with Crippen molar-refractivity contribution in [2.24, 2.45) is 0 Å². The van der Waals surface area contributed by atoms with Gasteiger partial charge in [0.05, 0.1) is 11.3 Å². The van der Waals surface area contributed by atoms with Crippen molar-refractivity contribution >= 4 is 21.6 Å². The summed E-state index contributed by atoms with van der Waals surface area (Å²) in [5.41, 5.74) is 2.05. The van der Waals surface area contributed by atoms with E-state index < -0.39 is 5.60 Å². The molecule has 1 aromatic rings. The lowest BCUT2D eigenvalue weighted by Crippen LogP contribution is -2.42. The minimum Gasteiger partial charge on any atom is -0.390 e. The van der Waals surface area contributed by atoms with Crippen LogP contribution < -0.4 is 10.2 Å². The monoisotopic (exact) mass is 340 g/mol. The number of nitrogens with zero attached hydrogens (tertiary/aromatic N) is 1. The molecule has 0 saturated carbocycles. The van der Waals surface area contributed by atoms with Gasteiger partial charge in [0.2, 0.25) is 0 Å². The summed E-state index contributed by atoms with van der Waals surface area (Å²) in [7, 11) is 0. The molecule has 112 valence electrons. The fourth-order valence-electron chi connectivity index (χ4n) is 2.56. The number of benzene rings is 1. The lowest BCUT2D eigenvalue weighted by atomic mass is 9.93. The Morgan fingerprint density at radius 2 is 2.05 bits per heavy atom. The van der Waals surface area contributed by atoms with E-state index in [0.29, 0.717) is 0 Å². The maximum absolute atomic E-state index is 10.0. The van der Waals surface area contributed by atoms with Crippen LogP contribution in [0.4, 0.5) is 5.69 Å². The molecule has 1 heterocycles. The van der Waals surface area contributed by atoms with Crippen LogP contribution in [0.15, 0.2) is 22.7 Å². The molecule has 1 saturated heterocycles. The summed E-state index contributed by atoms with van der Waals surface area (Å²) < 4.78 is 1.15. The Morgan fingerprint density at radius 1 is 1.35 bits per heavy atom. The Morgan fingerprint density at radius 3 is 2.65 bits per heavy atom. The Balaban J connectivity index is 1.99. The third-order valence-corrected chi connectivity index (χ3v) is 4.58. The van der Waals surface area contributed by atoms with E-state index in [1.165, 1.54) is 11.3 Å². The molecule has 20 heavy (non-hydrogen) atoms. The van der Waals surface area contributed by atoms with Crippen molar-refractivity contribution in [1.82, 2.24) is 5.32 Å². The van der Waals surface area contributed by atoms with Gasteiger partial charge >= 0.3 is 0 Å². The van der Waals surface area contributed by atoms with Crippen LogP contribution in [0, 0.1) is 0 Å².